The van der Waals surface area contributed by atoms with Crippen LogP contribution in [0, 0.1) is 4.77 Å². The van der Waals surface area contributed by atoms with Crippen LogP contribution in [0.25, 0.3) is 10.9 Å². The molecule has 0 aliphatic rings. The normalized spacial score (nSPS) is 10.8. The molecule has 2 N–H and O–H groups in total. The Bertz CT molecular complexity index is 766. The zero-order valence-corrected chi connectivity index (χ0v) is 13.2. The van der Waals surface area contributed by atoms with Crippen LogP contribution in [-0.2, 0) is 16.2 Å². The van der Waals surface area contributed by atoms with Gasteiger partial charge in [-0.1, -0.05) is 18.6 Å². The Kier molecular flexibility index (Phi) is 5.85. The van der Waals surface area contributed by atoms with Gasteiger partial charge in [0.05, 0.1) is 18.0 Å². The molecule has 1 amide bonds. The van der Waals surface area contributed by atoms with E-state index in [2.05, 4.69) is 15.3 Å². The average Bonchev–Trinajstić information content (AvgIpc) is 2.50. The predicted octanol–water partition coefficient (Wildman–Crippen LogP) is 2.30. The molecule has 6 nitrogen and oxygen atoms in total. The number of para-hydroxylation sites is 1. The molecule has 2 aromatic rings. The number of hydrogen-bond donors (Lipinski definition) is 2. The second-order valence-electron chi connectivity index (χ2n) is 4.97. The molecular formula is C15H19N3O3S. The summed E-state index contributed by atoms with van der Waals surface area (Å²) in [5.41, 5.74) is 2.96. The molecule has 0 unspecified atom stereocenters. The van der Waals surface area contributed by atoms with Crippen molar-refractivity contribution in [2.45, 2.75) is 32.2 Å². The Morgan fingerprint density at radius 3 is 2.86 bits per heavy atom. The van der Waals surface area contributed by atoms with Crippen LogP contribution in [0.2, 0.25) is 0 Å². The number of benzene rings is 1. The highest BCUT2D eigenvalue weighted by Gasteiger charge is 2.05. The van der Waals surface area contributed by atoms with Gasteiger partial charge >= 0.3 is 0 Å². The van der Waals surface area contributed by atoms with Gasteiger partial charge in [0.2, 0.25) is 5.91 Å². The molecule has 0 aliphatic carbocycles. The molecular weight excluding hydrogens is 302 g/mol. The van der Waals surface area contributed by atoms with Crippen molar-refractivity contribution in [2.24, 2.45) is 0 Å². The van der Waals surface area contributed by atoms with Gasteiger partial charge in [-0.3, -0.25) is 19.0 Å². The number of nitrogens with zero attached hydrogens (tertiary/aromatic N) is 1. The molecule has 0 fully saturated rings. The van der Waals surface area contributed by atoms with E-state index in [-0.39, 0.29) is 11.5 Å². The molecule has 22 heavy (non-hydrogen) atoms. The van der Waals surface area contributed by atoms with Crippen molar-refractivity contribution in [2.75, 3.05) is 7.11 Å². The number of nitrogens with one attached hydrogen (secondary N) is 2. The van der Waals surface area contributed by atoms with Crippen molar-refractivity contribution in [3.63, 3.8) is 0 Å². The summed E-state index contributed by atoms with van der Waals surface area (Å²) in [5.74, 6) is -0.136. The molecule has 0 aliphatic heterocycles. The first-order valence-corrected chi connectivity index (χ1v) is 7.58. The number of carbonyl (C=O) groups is 1. The van der Waals surface area contributed by atoms with E-state index in [1.165, 1.54) is 7.11 Å². The number of hydroxylamine groups is 1. The molecule has 7 heteroatoms. The fraction of sp³-hybridized carbons (Fsp3) is 0.400. The molecule has 118 valence electrons. The molecule has 0 saturated heterocycles. The fourth-order valence-corrected chi connectivity index (χ4v) is 2.58. The van der Waals surface area contributed by atoms with Crippen molar-refractivity contribution >= 4 is 29.0 Å². The Labute approximate surface area is 133 Å². The quantitative estimate of drug-likeness (QED) is 0.466. The van der Waals surface area contributed by atoms with Gasteiger partial charge in [0.25, 0.3) is 5.56 Å². The average molecular weight is 321 g/mol. The maximum Gasteiger partial charge on any atom is 0.262 e. The number of amides is 1. The molecule has 0 saturated carbocycles. The molecule has 1 aromatic carbocycles. The maximum absolute atomic E-state index is 12.4. The van der Waals surface area contributed by atoms with Gasteiger partial charge < -0.3 is 4.98 Å². The largest absolute Gasteiger partial charge is 0.332 e. The van der Waals surface area contributed by atoms with Crippen molar-refractivity contribution < 1.29 is 9.63 Å². The van der Waals surface area contributed by atoms with E-state index in [4.69, 9.17) is 12.2 Å². The lowest BCUT2D eigenvalue weighted by atomic mass is 10.2. The molecule has 1 aromatic heterocycles. The monoisotopic (exact) mass is 321 g/mol. The topological polar surface area (TPSA) is 76.1 Å². The van der Waals surface area contributed by atoms with E-state index in [1.54, 1.807) is 10.6 Å². The highest BCUT2D eigenvalue weighted by atomic mass is 32.1. The van der Waals surface area contributed by atoms with Crippen LogP contribution in [0.4, 0.5) is 0 Å². The van der Waals surface area contributed by atoms with Gasteiger partial charge in [-0.15, -0.1) is 0 Å². The molecule has 0 radical (unpaired) electrons. The summed E-state index contributed by atoms with van der Waals surface area (Å²) in [7, 11) is 1.41. The lowest BCUT2D eigenvalue weighted by Gasteiger charge is -2.08. The first-order chi connectivity index (χ1) is 10.6. The molecule has 0 spiro atoms. The number of aromatic nitrogens is 2. The van der Waals surface area contributed by atoms with E-state index >= 15 is 0 Å². The Balaban J connectivity index is 1.96. The third-order valence-corrected chi connectivity index (χ3v) is 3.71. The van der Waals surface area contributed by atoms with Crippen molar-refractivity contribution in [1.82, 2.24) is 15.0 Å². The maximum atomic E-state index is 12.4. The van der Waals surface area contributed by atoms with Crippen LogP contribution >= 0.6 is 12.2 Å². The third-order valence-electron chi connectivity index (χ3n) is 3.39. The number of aromatic amines is 1. The second-order valence-corrected chi connectivity index (χ2v) is 5.36. The highest BCUT2D eigenvalue weighted by molar-refractivity contribution is 7.71. The lowest BCUT2D eigenvalue weighted by Crippen LogP contribution is -2.22. The number of hydrogen-bond acceptors (Lipinski definition) is 4. The van der Waals surface area contributed by atoms with Crippen LogP contribution in [0.5, 0.6) is 0 Å². The second kappa shape index (κ2) is 7.86. The minimum atomic E-state index is -0.136. The smallest absolute Gasteiger partial charge is 0.262 e. The summed E-state index contributed by atoms with van der Waals surface area (Å²) in [5, 5.41) is 0.635. The summed E-state index contributed by atoms with van der Waals surface area (Å²) in [6.45, 7) is 0.547. The third kappa shape index (κ3) is 4.02. The molecule has 2 rings (SSSR count). The Hall–Kier alpha value is -1.99. The van der Waals surface area contributed by atoms with Gasteiger partial charge in [0.15, 0.2) is 4.77 Å². The Morgan fingerprint density at radius 1 is 1.32 bits per heavy atom. The fourth-order valence-electron chi connectivity index (χ4n) is 2.30. The molecule has 0 atom stereocenters. The minimum absolute atomic E-state index is 0.0727. The van der Waals surface area contributed by atoms with Crippen molar-refractivity contribution in [1.29, 1.82) is 0 Å². The highest BCUT2D eigenvalue weighted by Crippen LogP contribution is 2.07. The number of unbranched alkanes of at least 4 members (excludes halogenated alkanes) is 2. The van der Waals surface area contributed by atoms with Gasteiger partial charge in [-0.2, -0.15) is 0 Å². The number of carbonyl (C=O) groups excluding carboxylic acids is 1. The van der Waals surface area contributed by atoms with Gasteiger partial charge in [0, 0.05) is 13.0 Å². The summed E-state index contributed by atoms with van der Waals surface area (Å²) in [4.78, 5) is 31.2. The van der Waals surface area contributed by atoms with E-state index < -0.39 is 0 Å². The molecule has 0 bridgehead atoms. The zero-order chi connectivity index (χ0) is 15.9. The van der Waals surface area contributed by atoms with Crippen LogP contribution in [-0.4, -0.2) is 22.6 Å². The van der Waals surface area contributed by atoms with E-state index in [9.17, 15) is 9.59 Å². The van der Waals surface area contributed by atoms with Crippen LogP contribution in [0.3, 0.4) is 0 Å². The van der Waals surface area contributed by atoms with E-state index in [0.717, 1.165) is 24.8 Å². The van der Waals surface area contributed by atoms with Crippen molar-refractivity contribution in [3.05, 3.63) is 39.4 Å². The van der Waals surface area contributed by atoms with Crippen LogP contribution in [0.15, 0.2) is 29.1 Å². The first-order valence-electron chi connectivity index (χ1n) is 7.17. The summed E-state index contributed by atoms with van der Waals surface area (Å²) < 4.78 is 2.01. The van der Waals surface area contributed by atoms with Gasteiger partial charge in [-0.05, 0) is 37.2 Å². The van der Waals surface area contributed by atoms with Crippen LogP contribution < -0.4 is 11.0 Å². The summed E-state index contributed by atoms with van der Waals surface area (Å²) >= 11 is 5.25. The first kappa shape index (κ1) is 16.4. The number of H-pyrrole nitrogens is 1. The van der Waals surface area contributed by atoms with Gasteiger partial charge in [-0.25, -0.2) is 5.48 Å². The van der Waals surface area contributed by atoms with E-state index in [1.807, 2.05) is 18.2 Å². The lowest BCUT2D eigenvalue weighted by molar-refractivity contribution is -0.131. The van der Waals surface area contributed by atoms with Crippen LogP contribution in [0.1, 0.15) is 25.7 Å². The minimum Gasteiger partial charge on any atom is -0.332 e. The van der Waals surface area contributed by atoms with Gasteiger partial charge in [0.1, 0.15) is 0 Å². The van der Waals surface area contributed by atoms with E-state index in [0.29, 0.717) is 23.1 Å². The standard InChI is InChI=1S/C15H19N3O3S/c1-21-17-13(19)9-3-2-6-10-18-14(20)11-7-4-5-8-12(11)16-15(18)22/h4-5,7-8H,2-3,6,9-10H2,1H3,(H,16,22)(H,17,19). The molecule has 1 heterocycles. The number of fused-ring (bicyclic) bond motifs is 1. The summed E-state index contributed by atoms with van der Waals surface area (Å²) in [6.07, 6.45) is 2.78. The SMILES string of the molecule is CONC(=O)CCCCCn1c(=S)[nH]c2ccccc2c1=O. The van der Waals surface area contributed by atoms with Crippen molar-refractivity contribution in [3.8, 4) is 0 Å². The summed E-state index contributed by atoms with van der Waals surface area (Å²) in [6, 6.07) is 7.32. The predicted molar refractivity (Wildman–Crippen MR) is 87.0 cm³/mol. The Morgan fingerprint density at radius 2 is 2.09 bits per heavy atom. The number of rotatable bonds is 7. The zero-order valence-electron chi connectivity index (χ0n) is 12.4.